The third-order valence-electron chi connectivity index (χ3n) is 12.9. The first-order valence-electron chi connectivity index (χ1n) is 16.9. The molecule has 3 aromatic carbocycles. The summed E-state index contributed by atoms with van der Waals surface area (Å²) in [7, 11) is 0. The summed E-state index contributed by atoms with van der Waals surface area (Å²) in [6, 6.07) is 29.9. The lowest BCUT2D eigenvalue weighted by Gasteiger charge is -2.60. The molecule has 5 heteroatoms. The minimum absolute atomic E-state index is 0.0579. The SMILES string of the molecule is C[C@]12CC[C@@H](O)C[C@@H]1CC[C@@H]1[C@@H]2C(=O)C[C@@]2(C)[C@H]1CC[C@]2(O)C(=O)COC(c1ccccc1)(c1ccccc1)c1ccccc1. The molecule has 4 aliphatic rings. The van der Waals surface area contributed by atoms with Gasteiger partial charge in [-0.15, -0.1) is 0 Å². The second-order valence-corrected chi connectivity index (χ2v) is 14.9. The molecular weight excluding hydrogens is 560 g/mol. The molecule has 3 aromatic rings. The van der Waals surface area contributed by atoms with Crippen LogP contribution in [0.1, 0.15) is 81.9 Å². The topological polar surface area (TPSA) is 83.8 Å². The highest BCUT2D eigenvalue weighted by atomic mass is 16.5. The van der Waals surface area contributed by atoms with Gasteiger partial charge in [-0.3, -0.25) is 9.59 Å². The molecule has 0 spiro atoms. The van der Waals surface area contributed by atoms with Crippen LogP contribution in [0, 0.1) is 34.5 Å². The van der Waals surface area contributed by atoms with Gasteiger partial charge in [0, 0.05) is 17.8 Å². The van der Waals surface area contributed by atoms with E-state index in [0.717, 1.165) is 55.2 Å². The number of rotatable bonds is 7. The van der Waals surface area contributed by atoms with Crippen molar-refractivity contribution in [2.75, 3.05) is 6.61 Å². The minimum Gasteiger partial charge on any atom is -0.393 e. The van der Waals surface area contributed by atoms with Gasteiger partial charge in [-0.1, -0.05) is 105 Å². The number of ketones is 2. The van der Waals surface area contributed by atoms with Gasteiger partial charge in [-0.25, -0.2) is 0 Å². The molecule has 7 rings (SSSR count). The zero-order valence-electron chi connectivity index (χ0n) is 26.5. The molecule has 2 N–H and O–H groups in total. The lowest BCUT2D eigenvalue weighted by atomic mass is 9.44. The van der Waals surface area contributed by atoms with Crippen LogP contribution in [0.3, 0.4) is 0 Å². The number of hydrogen-bond acceptors (Lipinski definition) is 5. The van der Waals surface area contributed by atoms with Crippen LogP contribution in [-0.2, 0) is 19.9 Å². The van der Waals surface area contributed by atoms with Crippen molar-refractivity contribution in [2.24, 2.45) is 34.5 Å². The lowest BCUT2D eigenvalue weighted by molar-refractivity contribution is -0.182. The first-order valence-corrected chi connectivity index (χ1v) is 16.9. The van der Waals surface area contributed by atoms with E-state index in [-0.39, 0.29) is 53.9 Å². The van der Waals surface area contributed by atoms with Gasteiger partial charge >= 0.3 is 0 Å². The van der Waals surface area contributed by atoms with E-state index in [1.54, 1.807) is 0 Å². The molecule has 0 bridgehead atoms. The van der Waals surface area contributed by atoms with Gasteiger partial charge in [0.25, 0.3) is 0 Å². The van der Waals surface area contributed by atoms with Crippen LogP contribution in [0.15, 0.2) is 91.0 Å². The maximum atomic E-state index is 14.4. The fraction of sp³-hybridized carbons (Fsp3) is 0.500. The standard InChI is InChI=1S/C40H46O5/c1-37-22-20-31(41)24-30(37)18-19-32-33-21-23-39(44,38(33,2)25-34(42)36(32)37)35(43)26-45-40(27-12-6-3-7-13-27,28-14-8-4-9-15-28)29-16-10-5-11-17-29/h3-17,30-33,36,41,44H,18-26H2,1-2H3/t30-,31+,32-,33-,36+,37-,38-,39-/m0/s1. The predicted octanol–water partition coefficient (Wildman–Crippen LogP) is 6.88. The van der Waals surface area contributed by atoms with Crippen molar-refractivity contribution in [3.8, 4) is 0 Å². The van der Waals surface area contributed by atoms with Crippen molar-refractivity contribution in [3.63, 3.8) is 0 Å². The van der Waals surface area contributed by atoms with Gasteiger partial charge in [0.05, 0.1) is 6.10 Å². The second kappa shape index (κ2) is 11.3. The number of carbonyl (C=O) groups excluding carboxylic acids is 2. The molecule has 5 nitrogen and oxygen atoms in total. The molecule has 4 fully saturated rings. The summed E-state index contributed by atoms with van der Waals surface area (Å²) in [4.78, 5) is 28.6. The van der Waals surface area contributed by atoms with Crippen molar-refractivity contribution in [3.05, 3.63) is 108 Å². The average molecular weight is 607 g/mol. The van der Waals surface area contributed by atoms with Gasteiger partial charge in [-0.2, -0.15) is 0 Å². The third kappa shape index (κ3) is 4.60. The van der Waals surface area contributed by atoms with Crippen molar-refractivity contribution < 1.29 is 24.5 Å². The first-order chi connectivity index (χ1) is 21.6. The van der Waals surface area contributed by atoms with E-state index in [1.165, 1.54) is 0 Å². The molecule has 0 radical (unpaired) electrons. The third-order valence-corrected chi connectivity index (χ3v) is 12.9. The average Bonchev–Trinajstić information content (AvgIpc) is 3.33. The second-order valence-electron chi connectivity index (χ2n) is 14.9. The normalized spacial score (nSPS) is 36.1. The van der Waals surface area contributed by atoms with E-state index < -0.39 is 16.6 Å². The molecule has 4 saturated carbocycles. The Hall–Kier alpha value is -3.12. The number of aliphatic hydroxyl groups excluding tert-OH is 1. The van der Waals surface area contributed by atoms with E-state index in [9.17, 15) is 19.8 Å². The van der Waals surface area contributed by atoms with Crippen LogP contribution in [0.4, 0.5) is 0 Å². The monoisotopic (exact) mass is 606 g/mol. The van der Waals surface area contributed by atoms with Gasteiger partial charge in [0.1, 0.15) is 23.6 Å². The zero-order valence-corrected chi connectivity index (χ0v) is 26.5. The largest absolute Gasteiger partial charge is 0.393 e. The number of Topliss-reactive ketones (excluding diaryl/α,β-unsaturated/α-hetero) is 2. The summed E-state index contributed by atoms with van der Waals surface area (Å²) >= 11 is 0. The number of ether oxygens (including phenoxy) is 1. The number of aliphatic hydroxyl groups is 2. The highest BCUT2D eigenvalue weighted by molar-refractivity contribution is 5.92. The first kappa shape index (κ1) is 30.5. The quantitative estimate of drug-likeness (QED) is 0.287. The summed E-state index contributed by atoms with van der Waals surface area (Å²) < 4.78 is 6.86. The van der Waals surface area contributed by atoms with Crippen LogP contribution in [0.2, 0.25) is 0 Å². The Labute approximate surface area is 267 Å². The molecule has 0 aliphatic heterocycles. The predicted molar refractivity (Wildman–Crippen MR) is 173 cm³/mol. The number of hydrogen-bond donors (Lipinski definition) is 2. The highest BCUT2D eigenvalue weighted by Crippen LogP contribution is 2.67. The van der Waals surface area contributed by atoms with E-state index in [0.29, 0.717) is 12.3 Å². The molecule has 0 unspecified atom stereocenters. The molecule has 45 heavy (non-hydrogen) atoms. The molecule has 4 aliphatic carbocycles. The molecular formula is C40H46O5. The van der Waals surface area contributed by atoms with Crippen LogP contribution in [0.25, 0.3) is 0 Å². The molecule has 0 heterocycles. The Balaban J connectivity index is 1.21. The number of benzene rings is 3. The Kier molecular flexibility index (Phi) is 7.66. The Bertz CT molecular complexity index is 1440. The molecule has 236 valence electrons. The smallest absolute Gasteiger partial charge is 0.190 e. The zero-order chi connectivity index (χ0) is 31.5. The van der Waals surface area contributed by atoms with E-state index in [4.69, 9.17) is 4.74 Å². The van der Waals surface area contributed by atoms with Crippen molar-refractivity contribution >= 4 is 11.6 Å². The van der Waals surface area contributed by atoms with Crippen LogP contribution >= 0.6 is 0 Å². The number of fused-ring (bicyclic) bond motifs is 5. The van der Waals surface area contributed by atoms with Crippen molar-refractivity contribution in [1.29, 1.82) is 0 Å². The summed E-state index contributed by atoms with van der Waals surface area (Å²) in [5, 5.41) is 22.9. The van der Waals surface area contributed by atoms with Gasteiger partial charge in [0.15, 0.2) is 5.78 Å². The van der Waals surface area contributed by atoms with Crippen molar-refractivity contribution in [1.82, 2.24) is 0 Å². The van der Waals surface area contributed by atoms with E-state index in [1.807, 2.05) is 97.9 Å². The fourth-order valence-corrected chi connectivity index (χ4v) is 10.6. The molecule has 8 atom stereocenters. The summed E-state index contributed by atoms with van der Waals surface area (Å²) in [6.07, 6.45) is 5.34. The van der Waals surface area contributed by atoms with Crippen LogP contribution < -0.4 is 0 Å². The molecule has 0 amide bonds. The highest BCUT2D eigenvalue weighted by Gasteiger charge is 2.69. The van der Waals surface area contributed by atoms with Gasteiger partial charge in [-0.05, 0) is 84.8 Å². The summed E-state index contributed by atoms with van der Waals surface area (Å²) in [5.74, 6) is 0.411. The Morgan fingerprint density at radius 3 is 1.93 bits per heavy atom. The maximum Gasteiger partial charge on any atom is 0.190 e. The minimum atomic E-state index is -1.64. The maximum absolute atomic E-state index is 14.4. The molecule has 0 aromatic heterocycles. The van der Waals surface area contributed by atoms with Crippen molar-refractivity contribution in [2.45, 2.75) is 82.5 Å². The Morgan fingerprint density at radius 1 is 0.822 bits per heavy atom. The van der Waals surface area contributed by atoms with E-state index >= 15 is 0 Å². The van der Waals surface area contributed by atoms with Gasteiger partial charge in [0.2, 0.25) is 0 Å². The molecule has 0 saturated heterocycles. The van der Waals surface area contributed by atoms with E-state index in [2.05, 4.69) is 6.92 Å². The summed E-state index contributed by atoms with van der Waals surface area (Å²) in [5.41, 5.74) is -0.967. The van der Waals surface area contributed by atoms with Crippen LogP contribution in [0.5, 0.6) is 0 Å². The van der Waals surface area contributed by atoms with Crippen LogP contribution in [-0.4, -0.2) is 40.1 Å². The summed E-state index contributed by atoms with van der Waals surface area (Å²) in [6.45, 7) is 3.99. The Morgan fingerprint density at radius 2 is 1.38 bits per heavy atom. The lowest BCUT2D eigenvalue weighted by Crippen LogP contribution is -2.62. The fourth-order valence-electron chi connectivity index (χ4n) is 10.6. The van der Waals surface area contributed by atoms with Gasteiger partial charge < -0.3 is 14.9 Å². The number of carbonyl (C=O) groups is 2.